The molecule has 0 aliphatic carbocycles. The van der Waals surface area contributed by atoms with Crippen molar-refractivity contribution in [1.82, 2.24) is 9.80 Å². The Hall–Kier alpha value is -0.510. The first kappa shape index (κ1) is 17.8. The molecule has 9 heteroatoms. The fourth-order valence-corrected chi connectivity index (χ4v) is 2.82. The van der Waals surface area contributed by atoms with E-state index in [2.05, 4.69) is 25.3 Å². The van der Waals surface area contributed by atoms with E-state index in [0.29, 0.717) is 26.2 Å². The molecule has 2 rings (SSSR count). The smallest absolute Gasteiger partial charge is 0.200 e. The van der Waals surface area contributed by atoms with Gasteiger partial charge in [-0.3, -0.25) is 4.90 Å². The molecule has 1 aromatic rings. The van der Waals surface area contributed by atoms with Gasteiger partial charge < -0.3 is 4.90 Å². The highest BCUT2D eigenvalue weighted by Crippen LogP contribution is 2.23. The molecule has 0 radical (unpaired) electrons. The fourth-order valence-electron chi connectivity index (χ4n) is 2.36. The average Bonchev–Trinajstić information content (AvgIpc) is 2.51. The van der Waals surface area contributed by atoms with Crippen LogP contribution in [0.1, 0.15) is 5.56 Å². The Morgan fingerprint density at radius 1 is 0.773 bits per heavy atom. The van der Waals surface area contributed by atoms with E-state index in [1.54, 1.807) is 0 Å². The number of halogens is 5. The van der Waals surface area contributed by atoms with Crippen LogP contribution >= 0.6 is 25.3 Å². The zero-order valence-corrected chi connectivity index (χ0v) is 13.3. The van der Waals surface area contributed by atoms with E-state index in [9.17, 15) is 22.0 Å². The lowest BCUT2D eigenvalue weighted by Crippen LogP contribution is -2.48. The van der Waals surface area contributed by atoms with Crippen molar-refractivity contribution >= 4 is 25.3 Å². The number of nitrogens with zero attached hydrogens (tertiary/aromatic N) is 2. The molecule has 0 bridgehead atoms. The van der Waals surface area contributed by atoms with Gasteiger partial charge in [0.1, 0.15) is 0 Å². The second-order valence-corrected chi connectivity index (χ2v) is 6.41. The van der Waals surface area contributed by atoms with Gasteiger partial charge in [0.15, 0.2) is 23.3 Å². The molecule has 1 fully saturated rings. The van der Waals surface area contributed by atoms with Crippen molar-refractivity contribution in [1.29, 1.82) is 0 Å². The number of thiol groups is 2. The number of rotatable bonds is 4. The van der Waals surface area contributed by atoms with E-state index in [0.717, 1.165) is 0 Å². The predicted octanol–water partition coefficient (Wildman–Crippen LogP) is 2.69. The summed E-state index contributed by atoms with van der Waals surface area (Å²) in [6, 6.07) is 0. The topological polar surface area (TPSA) is 6.48 Å². The first-order valence-electron chi connectivity index (χ1n) is 6.65. The van der Waals surface area contributed by atoms with Crippen molar-refractivity contribution in [2.24, 2.45) is 0 Å². The van der Waals surface area contributed by atoms with Crippen LogP contribution in [0, 0.1) is 29.1 Å². The highest BCUT2D eigenvalue weighted by atomic mass is 32.2. The lowest BCUT2D eigenvalue weighted by molar-refractivity contribution is 0.144. The molecule has 2 nitrogen and oxygen atoms in total. The van der Waals surface area contributed by atoms with Crippen molar-refractivity contribution in [2.45, 2.75) is 11.1 Å². The number of hydrogen-bond donors (Lipinski definition) is 2. The monoisotopic (exact) mass is 358 g/mol. The predicted molar refractivity (Wildman–Crippen MR) is 79.7 cm³/mol. The summed E-state index contributed by atoms with van der Waals surface area (Å²) in [6.07, 6.45) is -0.239. The van der Waals surface area contributed by atoms with E-state index in [1.807, 2.05) is 9.80 Å². The highest BCUT2D eigenvalue weighted by molar-refractivity contribution is 7.99. The molecule has 0 atom stereocenters. The van der Waals surface area contributed by atoms with Crippen LogP contribution in [0.5, 0.6) is 0 Å². The summed E-state index contributed by atoms with van der Waals surface area (Å²) >= 11 is 8.39. The average molecular weight is 358 g/mol. The minimum absolute atomic E-state index is 0.183. The maximum absolute atomic E-state index is 13.6. The van der Waals surface area contributed by atoms with Gasteiger partial charge in [-0.1, -0.05) is 0 Å². The van der Waals surface area contributed by atoms with Gasteiger partial charge in [-0.05, 0) is 6.42 Å². The molecule has 0 aromatic heterocycles. The molecule has 0 unspecified atom stereocenters. The van der Waals surface area contributed by atoms with Crippen LogP contribution in [0.15, 0.2) is 0 Å². The van der Waals surface area contributed by atoms with E-state index in [1.165, 1.54) is 0 Å². The van der Waals surface area contributed by atoms with Gasteiger partial charge in [0, 0.05) is 38.3 Å². The van der Waals surface area contributed by atoms with Crippen molar-refractivity contribution in [3.63, 3.8) is 0 Å². The first-order chi connectivity index (χ1) is 10.3. The van der Waals surface area contributed by atoms with E-state index in [-0.39, 0.29) is 17.7 Å². The van der Waals surface area contributed by atoms with Gasteiger partial charge in [0.25, 0.3) is 0 Å². The molecular formula is C13H15F5N2S2. The Morgan fingerprint density at radius 2 is 1.23 bits per heavy atom. The van der Waals surface area contributed by atoms with Gasteiger partial charge in [-0.15, -0.1) is 25.3 Å². The second kappa shape index (κ2) is 7.37. The van der Waals surface area contributed by atoms with Crippen LogP contribution in [-0.4, -0.2) is 47.2 Å². The molecule has 0 spiro atoms. The van der Waals surface area contributed by atoms with Crippen LogP contribution in [0.4, 0.5) is 22.0 Å². The molecule has 1 heterocycles. The first-order valence-corrected chi connectivity index (χ1v) is 7.69. The summed E-state index contributed by atoms with van der Waals surface area (Å²) in [5, 5.41) is 0. The standard InChI is InChI=1S/C13H15F5N2S2/c14-8-7(9(15)11(17)12(18)10(8)16)1-2-19-3-5-20(6-4-19)13(21)22/h13,21-22H,1-6H2. The Balaban J connectivity index is 2.01. The zero-order chi connectivity index (χ0) is 16.4. The van der Waals surface area contributed by atoms with Crippen LogP contribution in [-0.2, 0) is 6.42 Å². The van der Waals surface area contributed by atoms with Gasteiger partial charge in [-0.2, -0.15) is 0 Å². The van der Waals surface area contributed by atoms with Gasteiger partial charge >= 0.3 is 0 Å². The van der Waals surface area contributed by atoms with Gasteiger partial charge in [-0.25, -0.2) is 22.0 Å². The Kier molecular flexibility index (Phi) is 5.98. The third-order valence-corrected chi connectivity index (χ3v) is 4.37. The molecule has 0 N–H and O–H groups in total. The van der Waals surface area contributed by atoms with Crippen LogP contribution in [0.2, 0.25) is 0 Å². The van der Waals surface area contributed by atoms with Crippen molar-refractivity contribution < 1.29 is 22.0 Å². The quantitative estimate of drug-likeness (QED) is 0.281. The van der Waals surface area contributed by atoms with Crippen LogP contribution in [0.3, 0.4) is 0 Å². The highest BCUT2D eigenvalue weighted by Gasteiger charge is 2.26. The maximum atomic E-state index is 13.6. The number of benzene rings is 1. The van der Waals surface area contributed by atoms with E-state index in [4.69, 9.17) is 0 Å². The lowest BCUT2D eigenvalue weighted by Gasteiger charge is -2.36. The third-order valence-electron chi connectivity index (χ3n) is 3.71. The summed E-state index contributed by atoms with van der Waals surface area (Å²) in [5.41, 5.74) is -0.764. The summed E-state index contributed by atoms with van der Waals surface area (Å²) < 4.78 is 66.1. The molecule has 1 aliphatic heterocycles. The lowest BCUT2D eigenvalue weighted by atomic mass is 10.1. The van der Waals surface area contributed by atoms with Crippen LogP contribution < -0.4 is 0 Å². The molecule has 0 saturated carbocycles. The Morgan fingerprint density at radius 3 is 1.68 bits per heavy atom. The Labute approximate surface area is 136 Å². The number of piperazine rings is 1. The van der Waals surface area contributed by atoms with Crippen molar-refractivity contribution in [3.05, 3.63) is 34.6 Å². The van der Waals surface area contributed by atoms with E-state index < -0.39 is 34.6 Å². The summed E-state index contributed by atoms with van der Waals surface area (Å²) in [4.78, 5) is 3.90. The molecule has 1 aliphatic rings. The second-order valence-electron chi connectivity index (χ2n) is 5.02. The molecule has 1 aromatic carbocycles. The minimum atomic E-state index is -2.12. The van der Waals surface area contributed by atoms with Crippen LogP contribution in [0.25, 0.3) is 0 Å². The normalized spacial score (nSPS) is 17.5. The molecule has 1 saturated heterocycles. The number of hydrogen-bond acceptors (Lipinski definition) is 4. The van der Waals surface area contributed by atoms with E-state index >= 15 is 0 Å². The molecule has 0 amide bonds. The third kappa shape index (κ3) is 3.69. The summed E-state index contributed by atoms with van der Waals surface area (Å²) in [7, 11) is 0. The zero-order valence-electron chi connectivity index (χ0n) is 11.5. The SMILES string of the molecule is Fc1c(F)c(F)c(CCN2CCN(C(S)S)CC2)c(F)c1F. The molecular weight excluding hydrogens is 343 g/mol. The maximum Gasteiger partial charge on any atom is 0.200 e. The largest absolute Gasteiger partial charge is 0.300 e. The minimum Gasteiger partial charge on any atom is -0.300 e. The summed E-state index contributed by atoms with van der Waals surface area (Å²) in [5.74, 6) is -9.42. The van der Waals surface area contributed by atoms with Gasteiger partial charge in [0.05, 0.1) is 4.71 Å². The van der Waals surface area contributed by atoms with Gasteiger partial charge in [0.2, 0.25) is 5.82 Å². The van der Waals surface area contributed by atoms with Crippen molar-refractivity contribution in [3.8, 4) is 0 Å². The Bertz CT molecular complexity index is 519. The molecule has 22 heavy (non-hydrogen) atoms. The van der Waals surface area contributed by atoms with Crippen molar-refractivity contribution in [2.75, 3.05) is 32.7 Å². The molecule has 124 valence electrons. The fraction of sp³-hybridized carbons (Fsp3) is 0.538. The summed E-state index contributed by atoms with van der Waals surface area (Å²) in [6.45, 7) is 2.81.